The van der Waals surface area contributed by atoms with Crippen molar-refractivity contribution in [3.8, 4) is 11.1 Å². The third kappa shape index (κ3) is 4.41. The number of pyridine rings is 1. The fourth-order valence-electron chi connectivity index (χ4n) is 3.65. The quantitative estimate of drug-likeness (QED) is 0.325. The average molecular weight is 544 g/mol. The van der Waals surface area contributed by atoms with E-state index in [2.05, 4.69) is 20.5 Å². The summed E-state index contributed by atoms with van der Waals surface area (Å²) >= 11 is 6.64. The van der Waals surface area contributed by atoms with E-state index in [4.69, 9.17) is 17.3 Å². The first kappa shape index (κ1) is 25.6. The van der Waals surface area contributed by atoms with E-state index in [-0.39, 0.29) is 37.1 Å². The molecule has 0 radical (unpaired) electrons. The first-order valence-electron chi connectivity index (χ1n) is 10.3. The van der Waals surface area contributed by atoms with E-state index in [1.165, 1.54) is 17.8 Å². The zero-order valence-corrected chi connectivity index (χ0v) is 20.5. The number of fused-ring (bicyclic) bond motifs is 1. The number of hydrogen-bond acceptors (Lipinski definition) is 6. The molecule has 0 atom stereocenters. The van der Waals surface area contributed by atoms with Crippen molar-refractivity contribution in [3.05, 3.63) is 44.9 Å². The number of thiophene rings is 1. The summed E-state index contributed by atoms with van der Waals surface area (Å²) in [6.45, 7) is 2.63. The normalized spacial score (nSPS) is 11.7. The Morgan fingerprint density at radius 1 is 1.17 bits per heavy atom. The van der Waals surface area contributed by atoms with Crippen LogP contribution in [0.25, 0.3) is 21.3 Å². The van der Waals surface area contributed by atoms with E-state index in [9.17, 15) is 27.2 Å². The Labute approximate surface area is 209 Å². The highest BCUT2D eigenvalue weighted by Crippen LogP contribution is 2.43. The smallest absolute Gasteiger partial charge is 0.283 e. The minimum absolute atomic E-state index is 0.0379. The summed E-state index contributed by atoms with van der Waals surface area (Å²) < 4.78 is 56.1. The van der Waals surface area contributed by atoms with E-state index >= 15 is 0 Å². The molecular formula is C21H18ClF4N7O2S. The van der Waals surface area contributed by atoms with Crippen molar-refractivity contribution in [2.24, 2.45) is 12.8 Å². The van der Waals surface area contributed by atoms with Crippen molar-refractivity contribution in [3.63, 3.8) is 0 Å². The number of nitrogens with zero attached hydrogens (tertiary/aromatic N) is 5. The molecule has 4 rings (SSSR count). The molecule has 0 aromatic carbocycles. The fourth-order valence-corrected chi connectivity index (χ4v) is 4.89. The molecule has 0 spiro atoms. The monoisotopic (exact) mass is 543 g/mol. The molecule has 4 aromatic rings. The molecule has 0 saturated heterocycles. The van der Waals surface area contributed by atoms with Crippen LogP contribution in [0.2, 0.25) is 5.02 Å². The Balaban J connectivity index is 1.85. The number of primary amides is 1. The molecule has 0 aliphatic rings. The van der Waals surface area contributed by atoms with Gasteiger partial charge in [-0.2, -0.15) is 10.2 Å². The van der Waals surface area contributed by atoms with E-state index in [1.807, 2.05) is 0 Å². The highest BCUT2D eigenvalue weighted by molar-refractivity contribution is 7.21. The molecule has 0 aliphatic carbocycles. The lowest BCUT2D eigenvalue weighted by Crippen LogP contribution is -2.22. The zero-order valence-electron chi connectivity index (χ0n) is 18.9. The number of hydrogen-bond donors (Lipinski definition) is 2. The molecule has 0 fully saturated rings. The summed E-state index contributed by atoms with van der Waals surface area (Å²) in [5.41, 5.74) is 5.80. The van der Waals surface area contributed by atoms with Crippen molar-refractivity contribution >= 4 is 50.7 Å². The van der Waals surface area contributed by atoms with Gasteiger partial charge < -0.3 is 11.1 Å². The number of anilines is 1. The van der Waals surface area contributed by atoms with Crippen molar-refractivity contribution in [1.82, 2.24) is 24.5 Å². The molecule has 9 nitrogen and oxygen atoms in total. The molecule has 36 heavy (non-hydrogen) atoms. The molecule has 190 valence electrons. The van der Waals surface area contributed by atoms with Gasteiger partial charge >= 0.3 is 0 Å². The number of carbonyl (C=O) groups is 2. The van der Waals surface area contributed by atoms with Crippen LogP contribution in [0, 0.1) is 13.8 Å². The van der Waals surface area contributed by atoms with Gasteiger partial charge in [0.1, 0.15) is 27.6 Å². The first-order chi connectivity index (χ1) is 16.9. The van der Waals surface area contributed by atoms with Gasteiger partial charge in [0.25, 0.3) is 18.8 Å². The van der Waals surface area contributed by atoms with Crippen LogP contribution >= 0.6 is 22.9 Å². The van der Waals surface area contributed by atoms with Crippen LogP contribution in [-0.4, -0.2) is 36.4 Å². The van der Waals surface area contributed by atoms with Crippen LogP contribution in [-0.2, 0) is 18.4 Å². The predicted molar refractivity (Wildman–Crippen MR) is 126 cm³/mol. The first-order valence-corrected chi connectivity index (χ1v) is 11.4. The molecular weight excluding hydrogens is 526 g/mol. The lowest BCUT2D eigenvalue weighted by molar-refractivity contribution is -0.116. The standard InChI is InChI=1S/C21H18ClF4N7O2S/c1-7-10(5-28-32(7)3)9-4-11(18(23)24)29-21-13(9)15(17(36-21)20(27)35)30-12(34)6-33-8(2)14(22)16(31-33)19(25)26/h4-5,18-19H,6H2,1-3H3,(H2,27,35)(H,30,34). The van der Waals surface area contributed by atoms with Gasteiger partial charge in [0.05, 0.1) is 22.6 Å². The van der Waals surface area contributed by atoms with Gasteiger partial charge in [0.2, 0.25) is 5.91 Å². The van der Waals surface area contributed by atoms with Crippen molar-refractivity contribution < 1.29 is 27.2 Å². The highest BCUT2D eigenvalue weighted by Gasteiger charge is 2.27. The number of carbonyl (C=O) groups excluding carboxylic acids is 2. The van der Waals surface area contributed by atoms with Crippen LogP contribution in [0.3, 0.4) is 0 Å². The summed E-state index contributed by atoms with van der Waals surface area (Å²) in [7, 11) is 1.67. The maximum Gasteiger partial charge on any atom is 0.283 e. The molecule has 0 unspecified atom stereocenters. The zero-order chi connectivity index (χ0) is 26.5. The summed E-state index contributed by atoms with van der Waals surface area (Å²) in [6, 6.07) is 1.16. The number of alkyl halides is 4. The Kier molecular flexibility index (Phi) is 6.75. The molecule has 3 N–H and O–H groups in total. The Bertz CT molecular complexity index is 1510. The number of aromatic nitrogens is 5. The van der Waals surface area contributed by atoms with Crippen LogP contribution in [0.5, 0.6) is 0 Å². The van der Waals surface area contributed by atoms with Crippen molar-refractivity contribution in [2.75, 3.05) is 5.32 Å². The number of rotatable bonds is 7. The predicted octanol–water partition coefficient (Wildman–Crippen LogP) is 4.78. The van der Waals surface area contributed by atoms with Gasteiger partial charge in [-0.15, -0.1) is 11.3 Å². The Morgan fingerprint density at radius 3 is 2.39 bits per heavy atom. The molecule has 15 heteroatoms. The maximum atomic E-state index is 13.6. The minimum Gasteiger partial charge on any atom is -0.365 e. The van der Waals surface area contributed by atoms with Crippen LogP contribution < -0.4 is 11.1 Å². The Hall–Kier alpha value is -3.52. The molecule has 0 aliphatic heterocycles. The lowest BCUT2D eigenvalue weighted by atomic mass is 10.0. The minimum atomic E-state index is -2.94. The van der Waals surface area contributed by atoms with Gasteiger partial charge in [-0.05, 0) is 25.5 Å². The van der Waals surface area contributed by atoms with E-state index in [1.54, 1.807) is 14.0 Å². The third-order valence-electron chi connectivity index (χ3n) is 5.58. The van der Waals surface area contributed by atoms with E-state index in [0.29, 0.717) is 11.3 Å². The van der Waals surface area contributed by atoms with Gasteiger partial charge in [-0.1, -0.05) is 11.6 Å². The third-order valence-corrected chi connectivity index (χ3v) is 7.14. The summed E-state index contributed by atoms with van der Waals surface area (Å²) in [6.07, 6.45) is -4.38. The van der Waals surface area contributed by atoms with Crippen LogP contribution in [0.15, 0.2) is 12.3 Å². The average Bonchev–Trinajstić information content (AvgIpc) is 3.43. The summed E-state index contributed by atoms with van der Waals surface area (Å²) in [5.74, 6) is -1.66. The number of nitrogens with two attached hydrogens (primary N) is 1. The molecule has 4 heterocycles. The molecule has 2 amide bonds. The van der Waals surface area contributed by atoms with Gasteiger partial charge in [-0.3, -0.25) is 19.0 Å². The number of aryl methyl sites for hydroxylation is 1. The highest BCUT2D eigenvalue weighted by atomic mass is 35.5. The number of halogens is 5. The second-order valence-electron chi connectivity index (χ2n) is 7.80. The van der Waals surface area contributed by atoms with Gasteiger partial charge in [0.15, 0.2) is 0 Å². The second-order valence-corrected chi connectivity index (χ2v) is 9.18. The summed E-state index contributed by atoms with van der Waals surface area (Å²) in [5, 5.41) is 10.3. The van der Waals surface area contributed by atoms with Gasteiger partial charge in [0, 0.05) is 23.7 Å². The van der Waals surface area contributed by atoms with Crippen molar-refractivity contribution in [2.45, 2.75) is 33.2 Å². The number of nitrogens with one attached hydrogen (secondary N) is 1. The van der Waals surface area contributed by atoms with Crippen LogP contribution in [0.4, 0.5) is 23.2 Å². The maximum absolute atomic E-state index is 13.6. The molecule has 0 saturated carbocycles. The summed E-state index contributed by atoms with van der Waals surface area (Å²) in [4.78, 5) is 29.0. The van der Waals surface area contributed by atoms with Gasteiger partial charge in [-0.25, -0.2) is 22.5 Å². The van der Waals surface area contributed by atoms with E-state index in [0.717, 1.165) is 22.1 Å². The van der Waals surface area contributed by atoms with Crippen molar-refractivity contribution in [1.29, 1.82) is 0 Å². The van der Waals surface area contributed by atoms with E-state index < -0.39 is 42.6 Å². The SMILES string of the molecule is Cc1c(-c2cc(C(F)F)nc3sc(C(N)=O)c(NC(=O)Cn4nc(C(F)F)c(Cl)c4C)c23)cnn1C. The largest absolute Gasteiger partial charge is 0.365 e. The molecule has 0 bridgehead atoms. The second kappa shape index (κ2) is 9.50. The fraction of sp³-hybridized carbons (Fsp3) is 0.286. The Morgan fingerprint density at radius 2 is 1.86 bits per heavy atom. The number of amides is 2. The lowest BCUT2D eigenvalue weighted by Gasteiger charge is -2.11. The topological polar surface area (TPSA) is 121 Å². The molecule has 4 aromatic heterocycles. The van der Waals surface area contributed by atoms with Crippen LogP contribution in [0.1, 0.15) is 45.3 Å².